The molecule has 5 unspecified atom stereocenters. The molecule has 176 valence electrons. The third-order valence-corrected chi connectivity index (χ3v) is 10.2. The van der Waals surface area contributed by atoms with Crippen LogP contribution < -0.4 is 5.32 Å². The van der Waals surface area contributed by atoms with E-state index < -0.39 is 18.1 Å². The molecule has 0 amide bonds. The second-order valence-electron chi connectivity index (χ2n) is 11.1. The van der Waals surface area contributed by atoms with Gasteiger partial charge in [0.15, 0.2) is 0 Å². The SMILES string of the molecule is CC[C@H](C)[C@H](N[C@H]1CC[C@@]2(OC)C3CC4CCC(O)C5O[C@@H]1[C@]2(CCN3C)C45)C(=O)O. The summed E-state index contributed by atoms with van der Waals surface area (Å²) < 4.78 is 13.3. The molecular formula is C24H40N2O5. The predicted molar refractivity (Wildman–Crippen MR) is 116 cm³/mol. The molecule has 31 heavy (non-hydrogen) atoms. The first-order chi connectivity index (χ1) is 14.8. The first-order valence-corrected chi connectivity index (χ1v) is 12.4. The van der Waals surface area contributed by atoms with Gasteiger partial charge in [0.2, 0.25) is 0 Å². The average Bonchev–Trinajstić information content (AvgIpc) is 3.12. The molecule has 7 nitrogen and oxygen atoms in total. The summed E-state index contributed by atoms with van der Waals surface area (Å²) in [6.45, 7) is 5.05. The number of hydrogen-bond donors (Lipinski definition) is 3. The number of aliphatic hydroxyl groups excluding tert-OH is 1. The highest BCUT2D eigenvalue weighted by molar-refractivity contribution is 5.73. The molecule has 3 aliphatic carbocycles. The summed E-state index contributed by atoms with van der Waals surface area (Å²) in [6.07, 6.45) is 5.80. The van der Waals surface area contributed by atoms with Crippen molar-refractivity contribution in [2.45, 2.75) is 101 Å². The van der Waals surface area contributed by atoms with Crippen molar-refractivity contribution in [3.05, 3.63) is 0 Å². The molecule has 2 saturated heterocycles. The number of nitrogens with zero attached hydrogens (tertiary/aromatic N) is 1. The summed E-state index contributed by atoms with van der Waals surface area (Å²) in [5.41, 5.74) is -0.451. The number of nitrogens with one attached hydrogen (secondary N) is 1. The molecule has 0 aromatic rings. The Morgan fingerprint density at radius 1 is 1.32 bits per heavy atom. The Kier molecular flexibility index (Phi) is 5.45. The van der Waals surface area contributed by atoms with Gasteiger partial charge < -0.3 is 24.6 Å². The van der Waals surface area contributed by atoms with E-state index in [1.807, 2.05) is 21.0 Å². The predicted octanol–water partition coefficient (Wildman–Crippen LogP) is 1.87. The van der Waals surface area contributed by atoms with Crippen LogP contribution in [0, 0.1) is 23.2 Å². The van der Waals surface area contributed by atoms with Crippen LogP contribution in [0.4, 0.5) is 0 Å². The van der Waals surface area contributed by atoms with E-state index in [4.69, 9.17) is 9.47 Å². The number of ether oxygens (including phenoxy) is 2. The lowest BCUT2D eigenvalue weighted by molar-refractivity contribution is -0.269. The Balaban J connectivity index is 1.57. The van der Waals surface area contributed by atoms with Crippen molar-refractivity contribution in [2.75, 3.05) is 20.7 Å². The molecule has 0 radical (unpaired) electrons. The third-order valence-electron chi connectivity index (χ3n) is 10.2. The summed E-state index contributed by atoms with van der Waals surface area (Å²) in [7, 11) is 4.09. The third kappa shape index (κ3) is 2.79. The van der Waals surface area contributed by atoms with Gasteiger partial charge in [0.1, 0.15) is 6.04 Å². The van der Waals surface area contributed by atoms with Crippen LogP contribution in [0.3, 0.4) is 0 Å². The average molecular weight is 437 g/mol. The molecule has 3 N–H and O–H groups in total. The van der Waals surface area contributed by atoms with Crippen LogP contribution in [-0.2, 0) is 14.3 Å². The minimum Gasteiger partial charge on any atom is -0.480 e. The lowest BCUT2D eigenvalue weighted by Gasteiger charge is -2.69. The van der Waals surface area contributed by atoms with Crippen LogP contribution in [0.1, 0.15) is 58.8 Å². The number of aliphatic hydroxyl groups is 1. The van der Waals surface area contributed by atoms with Crippen molar-refractivity contribution >= 4 is 5.97 Å². The Morgan fingerprint density at radius 3 is 2.77 bits per heavy atom. The number of rotatable bonds is 6. The Bertz CT molecular complexity index is 720. The molecule has 0 aromatic heterocycles. The van der Waals surface area contributed by atoms with E-state index in [1.54, 1.807) is 0 Å². The van der Waals surface area contributed by atoms with E-state index in [0.29, 0.717) is 17.9 Å². The monoisotopic (exact) mass is 436 g/mol. The van der Waals surface area contributed by atoms with E-state index in [-0.39, 0.29) is 35.2 Å². The van der Waals surface area contributed by atoms with Gasteiger partial charge in [-0.15, -0.1) is 0 Å². The summed E-state index contributed by atoms with van der Waals surface area (Å²) in [5.74, 6) is 0.0945. The van der Waals surface area contributed by atoms with Crippen LogP contribution >= 0.6 is 0 Å². The van der Waals surface area contributed by atoms with E-state index in [9.17, 15) is 15.0 Å². The molecule has 5 fully saturated rings. The number of aliphatic carboxylic acids is 1. The van der Waals surface area contributed by atoms with Crippen molar-refractivity contribution in [3.8, 4) is 0 Å². The largest absolute Gasteiger partial charge is 0.480 e. The Labute approximate surface area is 185 Å². The molecule has 0 aromatic carbocycles. The highest BCUT2D eigenvalue weighted by atomic mass is 16.5. The molecule has 2 heterocycles. The van der Waals surface area contributed by atoms with Gasteiger partial charge >= 0.3 is 5.97 Å². The number of likely N-dealkylation sites (tertiary alicyclic amines) is 1. The van der Waals surface area contributed by atoms with E-state index in [0.717, 1.165) is 51.5 Å². The summed E-state index contributed by atoms with van der Waals surface area (Å²) in [4.78, 5) is 14.6. The maximum absolute atomic E-state index is 12.1. The second kappa shape index (κ2) is 7.66. The molecule has 5 rings (SSSR count). The summed E-state index contributed by atoms with van der Waals surface area (Å²) in [6, 6.07) is -0.253. The number of carbonyl (C=O) groups is 1. The minimum atomic E-state index is -0.784. The lowest BCUT2D eigenvalue weighted by atomic mass is 9.42. The lowest BCUT2D eigenvalue weighted by Crippen LogP contribution is -2.78. The maximum atomic E-state index is 12.1. The van der Waals surface area contributed by atoms with Gasteiger partial charge in [-0.3, -0.25) is 10.1 Å². The summed E-state index contributed by atoms with van der Waals surface area (Å²) >= 11 is 0. The smallest absolute Gasteiger partial charge is 0.320 e. The van der Waals surface area contributed by atoms with Crippen molar-refractivity contribution in [2.24, 2.45) is 23.2 Å². The molecule has 3 saturated carbocycles. The summed E-state index contributed by atoms with van der Waals surface area (Å²) in [5, 5.41) is 24.4. The number of likely N-dealkylation sites (N-methyl/N-ethyl adjacent to an activating group) is 1. The van der Waals surface area contributed by atoms with Crippen LogP contribution in [-0.4, -0.2) is 83.8 Å². The van der Waals surface area contributed by atoms with Crippen molar-refractivity contribution in [1.82, 2.24) is 10.2 Å². The quantitative estimate of drug-likeness (QED) is 0.586. The van der Waals surface area contributed by atoms with Crippen LogP contribution in [0.2, 0.25) is 0 Å². The molecule has 7 heteroatoms. The second-order valence-corrected chi connectivity index (χ2v) is 11.1. The molecule has 2 bridgehead atoms. The van der Waals surface area contributed by atoms with Crippen LogP contribution in [0.15, 0.2) is 0 Å². The van der Waals surface area contributed by atoms with Crippen LogP contribution in [0.25, 0.3) is 0 Å². The van der Waals surface area contributed by atoms with Gasteiger partial charge in [0.05, 0.1) is 23.9 Å². The number of piperidine rings is 1. The number of carboxylic acid groups (broad SMARTS) is 1. The fourth-order valence-corrected chi connectivity index (χ4v) is 8.67. The van der Waals surface area contributed by atoms with Gasteiger partial charge in [0.25, 0.3) is 0 Å². The van der Waals surface area contributed by atoms with Gasteiger partial charge in [-0.1, -0.05) is 20.3 Å². The van der Waals surface area contributed by atoms with Crippen LogP contribution in [0.5, 0.6) is 0 Å². The molecule has 11 atom stereocenters. The van der Waals surface area contributed by atoms with Crippen molar-refractivity contribution in [1.29, 1.82) is 0 Å². The van der Waals surface area contributed by atoms with Crippen molar-refractivity contribution < 1.29 is 24.5 Å². The zero-order chi connectivity index (χ0) is 22.1. The fraction of sp³-hybridized carbons (Fsp3) is 0.958. The Morgan fingerprint density at radius 2 is 2.10 bits per heavy atom. The van der Waals surface area contributed by atoms with Gasteiger partial charge in [-0.2, -0.15) is 0 Å². The zero-order valence-electron chi connectivity index (χ0n) is 19.4. The fourth-order valence-electron chi connectivity index (χ4n) is 8.67. The molecular weight excluding hydrogens is 396 g/mol. The molecule has 5 aliphatic rings. The number of carboxylic acids is 1. The normalized spacial score (nSPS) is 50.5. The van der Waals surface area contributed by atoms with E-state index in [2.05, 4.69) is 17.3 Å². The maximum Gasteiger partial charge on any atom is 0.320 e. The standard InChI is InChI=1S/C24H40N2O5/c1-5-13(2)19(22(28)29)25-15-8-9-24(30-4)17-12-14-6-7-16(27)20-18(14)23(24,21(15)31-20)10-11-26(17)3/h13-21,25,27H,5-12H2,1-4H3,(H,28,29)/t13-,14?,15-,16?,17?,18?,19-,20?,21-,23-,24+/m0/s1. The van der Waals surface area contributed by atoms with Gasteiger partial charge in [0, 0.05) is 30.5 Å². The highest BCUT2D eigenvalue weighted by Gasteiger charge is 2.78. The molecule has 2 aliphatic heterocycles. The first kappa shape index (κ1) is 22.1. The van der Waals surface area contributed by atoms with Gasteiger partial charge in [-0.25, -0.2) is 0 Å². The zero-order valence-corrected chi connectivity index (χ0v) is 19.4. The topological polar surface area (TPSA) is 91.3 Å². The number of hydrogen-bond acceptors (Lipinski definition) is 6. The van der Waals surface area contributed by atoms with Crippen molar-refractivity contribution in [3.63, 3.8) is 0 Å². The number of methoxy groups -OCH3 is 1. The van der Waals surface area contributed by atoms with E-state index >= 15 is 0 Å². The first-order valence-electron chi connectivity index (χ1n) is 12.4. The Hall–Kier alpha value is -0.730. The molecule has 1 spiro atoms. The highest BCUT2D eigenvalue weighted by Crippen LogP contribution is 2.70. The minimum absolute atomic E-state index is 0.0287. The van der Waals surface area contributed by atoms with E-state index in [1.165, 1.54) is 0 Å². The van der Waals surface area contributed by atoms with Gasteiger partial charge in [-0.05, 0) is 64.0 Å².